The number of piperidine rings is 1. The molecule has 4 unspecified atom stereocenters. The number of carbonyl (C=O) groups excluding carboxylic acids is 1. The molecule has 4 heterocycles. The topological polar surface area (TPSA) is 95.1 Å². The lowest BCUT2D eigenvalue weighted by molar-refractivity contribution is -0.119. The van der Waals surface area contributed by atoms with Crippen molar-refractivity contribution in [2.24, 2.45) is 11.8 Å². The summed E-state index contributed by atoms with van der Waals surface area (Å²) < 4.78 is 0. The molecule has 170 valence electrons. The third kappa shape index (κ3) is 4.82. The summed E-state index contributed by atoms with van der Waals surface area (Å²) in [5, 5.41) is 2.90. The highest BCUT2D eigenvalue weighted by Crippen LogP contribution is 2.39. The summed E-state index contributed by atoms with van der Waals surface area (Å²) in [4.78, 5) is 28.2. The Labute approximate surface area is 189 Å². The lowest BCUT2D eigenvalue weighted by Gasteiger charge is -2.33. The average molecular weight is 436 g/mol. The molecule has 2 aromatic rings. The zero-order valence-corrected chi connectivity index (χ0v) is 18.7. The minimum absolute atomic E-state index is 0.0580. The van der Waals surface area contributed by atoms with Crippen LogP contribution in [0.1, 0.15) is 56.1 Å². The number of carbonyl (C=O) groups is 1. The number of nitrogens with zero attached hydrogens (tertiary/aromatic N) is 4. The van der Waals surface area contributed by atoms with E-state index in [1.165, 1.54) is 37.1 Å². The number of aromatic nitrogens is 3. The Hall–Kier alpha value is -2.42. The van der Waals surface area contributed by atoms with Crippen LogP contribution in [0.3, 0.4) is 0 Å². The number of nitrogens with one attached hydrogen (secondary N) is 3. The van der Waals surface area contributed by atoms with Crippen LogP contribution in [0.5, 0.6) is 0 Å². The molecule has 32 heavy (non-hydrogen) atoms. The number of hydrazine groups is 1. The second-order valence-electron chi connectivity index (χ2n) is 9.71. The zero-order valence-electron chi connectivity index (χ0n) is 18.7. The van der Waals surface area contributed by atoms with Crippen molar-refractivity contribution in [3.8, 4) is 0 Å². The Morgan fingerprint density at radius 1 is 1.09 bits per heavy atom. The molecule has 3 N–H and O–H groups in total. The number of amides is 1. The molecule has 8 nitrogen and oxygen atoms in total. The molecule has 3 fully saturated rings. The summed E-state index contributed by atoms with van der Waals surface area (Å²) >= 11 is 0. The van der Waals surface area contributed by atoms with Gasteiger partial charge in [0.25, 0.3) is 0 Å². The van der Waals surface area contributed by atoms with Crippen LogP contribution in [0.2, 0.25) is 0 Å². The third-order valence-electron chi connectivity index (χ3n) is 7.42. The van der Waals surface area contributed by atoms with Gasteiger partial charge in [-0.1, -0.05) is 13.0 Å². The number of fused-ring (bicyclic) bond motifs is 1. The van der Waals surface area contributed by atoms with E-state index < -0.39 is 0 Å². The molecule has 5 rings (SSSR count). The summed E-state index contributed by atoms with van der Waals surface area (Å²) in [6.07, 6.45) is 14.5. The smallest absolute Gasteiger partial charge is 0.244 e. The van der Waals surface area contributed by atoms with Gasteiger partial charge in [0.15, 0.2) is 5.82 Å². The van der Waals surface area contributed by atoms with Crippen LogP contribution in [-0.2, 0) is 11.3 Å². The second kappa shape index (κ2) is 9.60. The minimum Gasteiger partial charge on any atom is -0.308 e. The molecule has 0 bridgehead atoms. The van der Waals surface area contributed by atoms with Crippen LogP contribution < -0.4 is 16.2 Å². The molecule has 0 radical (unpaired) electrons. The van der Waals surface area contributed by atoms with E-state index in [4.69, 9.17) is 0 Å². The number of hydrogen-bond donors (Lipinski definition) is 3. The highest BCUT2D eigenvalue weighted by Gasteiger charge is 2.44. The first-order valence-corrected chi connectivity index (χ1v) is 11.9. The molecule has 2 aromatic heterocycles. The van der Waals surface area contributed by atoms with Gasteiger partial charge in [-0.25, -0.2) is 10.4 Å². The fraction of sp³-hybridized carbons (Fsp3) is 0.583. The molecule has 2 aliphatic heterocycles. The fourth-order valence-corrected chi connectivity index (χ4v) is 5.48. The maximum atomic E-state index is 12.9. The first-order valence-electron chi connectivity index (χ1n) is 11.9. The van der Waals surface area contributed by atoms with E-state index in [0.717, 1.165) is 31.7 Å². The second-order valence-corrected chi connectivity index (χ2v) is 9.71. The Morgan fingerprint density at radius 2 is 1.97 bits per heavy atom. The number of likely N-dealkylation sites (tertiary alicyclic amines) is 1. The highest BCUT2D eigenvalue weighted by molar-refractivity contribution is 5.94. The van der Waals surface area contributed by atoms with E-state index in [-0.39, 0.29) is 17.9 Å². The molecule has 8 heteroatoms. The Morgan fingerprint density at radius 3 is 2.78 bits per heavy atom. The van der Waals surface area contributed by atoms with Crippen molar-refractivity contribution in [3.05, 3.63) is 48.2 Å². The van der Waals surface area contributed by atoms with Gasteiger partial charge in [0.05, 0.1) is 6.20 Å². The maximum absolute atomic E-state index is 12.9. The molecular formula is C24H33N7O. The van der Waals surface area contributed by atoms with Gasteiger partial charge in [-0.3, -0.25) is 25.1 Å². The molecule has 0 spiro atoms. The minimum atomic E-state index is -0.281. The molecule has 0 aromatic carbocycles. The van der Waals surface area contributed by atoms with E-state index in [2.05, 4.69) is 49.0 Å². The highest BCUT2D eigenvalue weighted by atomic mass is 16.2. The predicted octanol–water partition coefficient (Wildman–Crippen LogP) is 2.47. The van der Waals surface area contributed by atoms with Gasteiger partial charge in [0, 0.05) is 43.3 Å². The van der Waals surface area contributed by atoms with Crippen LogP contribution in [0.4, 0.5) is 5.82 Å². The van der Waals surface area contributed by atoms with Crippen molar-refractivity contribution in [2.75, 3.05) is 18.4 Å². The van der Waals surface area contributed by atoms with Crippen molar-refractivity contribution >= 4 is 11.7 Å². The van der Waals surface area contributed by atoms with Gasteiger partial charge in [-0.2, -0.15) is 0 Å². The first kappa shape index (κ1) is 21.4. The molecule has 1 aliphatic carbocycles. The lowest BCUT2D eigenvalue weighted by Crippen LogP contribution is -2.42. The van der Waals surface area contributed by atoms with Crippen LogP contribution in [-0.4, -0.2) is 50.9 Å². The molecule has 3 aliphatic rings. The van der Waals surface area contributed by atoms with Crippen molar-refractivity contribution in [1.29, 1.82) is 0 Å². The van der Waals surface area contributed by atoms with Gasteiger partial charge in [0.1, 0.15) is 6.04 Å². The quantitative estimate of drug-likeness (QED) is 0.664. The molecule has 1 saturated carbocycles. The van der Waals surface area contributed by atoms with E-state index in [1.54, 1.807) is 18.6 Å². The summed E-state index contributed by atoms with van der Waals surface area (Å²) in [5.74, 6) is 1.94. The molecular weight excluding hydrogens is 402 g/mol. The van der Waals surface area contributed by atoms with Crippen molar-refractivity contribution < 1.29 is 4.79 Å². The standard InChI is InChI=1S/C24H33N7O/c1-16-4-8-31(9-5-16)15-17-10-19(13-26-12-17)18-2-3-21-20(11-18)23(30-29-21)24(32)28-22-14-25-6-7-27-22/h6-7,10,12-14,16,18,20-21,23,29-30H,2-5,8-9,11,15H2,1H3,(H,27,28,32). The predicted molar refractivity (Wildman–Crippen MR) is 123 cm³/mol. The van der Waals surface area contributed by atoms with E-state index in [1.807, 2.05) is 12.4 Å². The monoisotopic (exact) mass is 435 g/mol. The van der Waals surface area contributed by atoms with Crippen molar-refractivity contribution in [1.82, 2.24) is 30.7 Å². The summed E-state index contributed by atoms with van der Waals surface area (Å²) in [7, 11) is 0. The zero-order chi connectivity index (χ0) is 21.9. The molecule has 2 saturated heterocycles. The van der Waals surface area contributed by atoms with Gasteiger partial charge >= 0.3 is 0 Å². The van der Waals surface area contributed by atoms with Gasteiger partial charge in [0.2, 0.25) is 5.91 Å². The number of anilines is 1. The SMILES string of the molecule is CC1CCN(Cc2cncc(C3CCC4NNC(C(=O)Nc5cnccn5)C4C3)c2)CC1. The first-order chi connectivity index (χ1) is 15.7. The van der Waals surface area contributed by atoms with E-state index in [9.17, 15) is 4.79 Å². The Bertz CT molecular complexity index is 916. The summed E-state index contributed by atoms with van der Waals surface area (Å²) in [6.45, 7) is 5.69. The molecule has 4 atom stereocenters. The van der Waals surface area contributed by atoms with Crippen LogP contribution in [0, 0.1) is 11.8 Å². The van der Waals surface area contributed by atoms with Gasteiger partial charge < -0.3 is 5.32 Å². The number of rotatable bonds is 5. The summed E-state index contributed by atoms with van der Waals surface area (Å²) in [5.41, 5.74) is 9.19. The molecule has 1 amide bonds. The van der Waals surface area contributed by atoms with E-state index >= 15 is 0 Å². The van der Waals surface area contributed by atoms with Crippen molar-refractivity contribution in [2.45, 2.75) is 63.6 Å². The van der Waals surface area contributed by atoms with Gasteiger partial charge in [-0.15, -0.1) is 0 Å². The largest absolute Gasteiger partial charge is 0.308 e. The van der Waals surface area contributed by atoms with Crippen molar-refractivity contribution in [3.63, 3.8) is 0 Å². The average Bonchev–Trinajstić information content (AvgIpc) is 3.25. The third-order valence-corrected chi connectivity index (χ3v) is 7.42. The summed E-state index contributed by atoms with van der Waals surface area (Å²) in [6, 6.07) is 2.38. The van der Waals surface area contributed by atoms with E-state index in [0.29, 0.717) is 17.8 Å². The lowest BCUT2D eigenvalue weighted by atomic mass is 9.73. The number of pyridine rings is 1. The van der Waals surface area contributed by atoms with Crippen LogP contribution in [0.25, 0.3) is 0 Å². The van der Waals surface area contributed by atoms with Gasteiger partial charge in [-0.05, 0) is 68.2 Å². The fourth-order valence-electron chi connectivity index (χ4n) is 5.48. The normalized spacial score (nSPS) is 28.9. The van der Waals surface area contributed by atoms with Crippen LogP contribution >= 0.6 is 0 Å². The maximum Gasteiger partial charge on any atom is 0.244 e. The van der Waals surface area contributed by atoms with Crippen LogP contribution in [0.15, 0.2) is 37.1 Å². The Balaban J connectivity index is 1.23. The Kier molecular flexibility index (Phi) is 6.43. The number of hydrogen-bond acceptors (Lipinski definition) is 7.